The molecule has 1 aromatic carbocycles. The molecule has 2 N–H and O–H groups in total. The smallest absolute Gasteiger partial charge is 0.315 e. The summed E-state index contributed by atoms with van der Waals surface area (Å²) in [7, 11) is 0. The molecule has 0 saturated heterocycles. The van der Waals surface area contributed by atoms with Crippen molar-refractivity contribution in [3.8, 4) is 0 Å². The first-order valence-corrected chi connectivity index (χ1v) is 6.97. The van der Waals surface area contributed by atoms with Crippen LogP contribution in [0, 0.1) is 0 Å². The maximum atomic E-state index is 5.47. The second-order valence-corrected chi connectivity index (χ2v) is 5.43. The van der Waals surface area contributed by atoms with Gasteiger partial charge in [0.15, 0.2) is 0 Å². The molecule has 1 heterocycles. The van der Waals surface area contributed by atoms with Crippen molar-refractivity contribution in [3.05, 3.63) is 40.2 Å². The number of aromatic nitrogens is 2. The van der Waals surface area contributed by atoms with Crippen molar-refractivity contribution in [3.63, 3.8) is 0 Å². The van der Waals surface area contributed by atoms with Gasteiger partial charge in [-0.2, -0.15) is 0 Å². The van der Waals surface area contributed by atoms with Gasteiger partial charge in [0, 0.05) is 17.1 Å². The zero-order chi connectivity index (χ0) is 13.7. The van der Waals surface area contributed by atoms with E-state index in [9.17, 15) is 0 Å². The van der Waals surface area contributed by atoms with Gasteiger partial charge in [0.25, 0.3) is 0 Å². The summed E-state index contributed by atoms with van der Waals surface area (Å²) < 4.78 is 6.54. The van der Waals surface area contributed by atoms with Gasteiger partial charge in [-0.15, -0.1) is 5.10 Å². The number of hydrogen-bond donors (Lipinski definition) is 2. The molecule has 0 fully saturated rings. The van der Waals surface area contributed by atoms with E-state index in [0.717, 1.165) is 10.0 Å². The molecule has 0 radical (unpaired) electrons. The average Bonchev–Trinajstić information content (AvgIpc) is 2.84. The zero-order valence-electron chi connectivity index (χ0n) is 11.0. The van der Waals surface area contributed by atoms with E-state index in [1.54, 1.807) is 0 Å². The van der Waals surface area contributed by atoms with Gasteiger partial charge in [-0.05, 0) is 17.7 Å². The predicted molar refractivity (Wildman–Crippen MR) is 77.7 cm³/mol. The van der Waals surface area contributed by atoms with Crippen LogP contribution < -0.4 is 10.6 Å². The molecule has 102 valence electrons. The summed E-state index contributed by atoms with van der Waals surface area (Å²) in [4.78, 5) is 0. The number of benzene rings is 1. The van der Waals surface area contributed by atoms with Crippen LogP contribution in [0.15, 0.2) is 33.2 Å². The van der Waals surface area contributed by atoms with E-state index in [1.165, 1.54) is 0 Å². The fraction of sp³-hybridized carbons (Fsp3) is 0.385. The monoisotopic (exact) mass is 324 g/mol. The van der Waals surface area contributed by atoms with Gasteiger partial charge in [0.05, 0.1) is 6.54 Å². The lowest BCUT2D eigenvalue weighted by molar-refractivity contribution is 0.458. The topological polar surface area (TPSA) is 63.0 Å². The summed E-state index contributed by atoms with van der Waals surface area (Å²) in [5.41, 5.74) is 1.16. The minimum atomic E-state index is 0.395. The van der Waals surface area contributed by atoms with E-state index < -0.39 is 0 Å². The Morgan fingerprint density at radius 1 is 1.16 bits per heavy atom. The summed E-state index contributed by atoms with van der Waals surface area (Å²) in [5.74, 6) is 0.590. The zero-order valence-corrected chi connectivity index (χ0v) is 12.6. The van der Waals surface area contributed by atoms with E-state index in [-0.39, 0.29) is 0 Å². The van der Waals surface area contributed by atoms with E-state index in [2.05, 4.69) is 50.6 Å². The molecule has 0 spiro atoms. The molecule has 0 aliphatic heterocycles. The van der Waals surface area contributed by atoms with E-state index in [0.29, 0.717) is 31.0 Å². The van der Waals surface area contributed by atoms with Gasteiger partial charge in [-0.1, -0.05) is 47.0 Å². The second kappa shape index (κ2) is 6.68. The quantitative estimate of drug-likeness (QED) is 0.855. The summed E-state index contributed by atoms with van der Waals surface area (Å²) >= 11 is 3.41. The Hall–Kier alpha value is -1.40. The highest BCUT2D eigenvalue weighted by Crippen LogP contribution is 2.12. The highest BCUT2D eigenvalue weighted by Gasteiger charge is 2.05. The third-order valence-corrected chi connectivity index (χ3v) is 3.01. The number of rotatable bonds is 6. The standard InChI is InChI=1S/C13H17BrN4O/c1-9(2)15-8-12-17-18-13(19-12)16-7-10-3-5-11(14)6-4-10/h3-6,9,15H,7-8H2,1-2H3,(H,16,18). The Morgan fingerprint density at radius 3 is 2.58 bits per heavy atom. The van der Waals surface area contributed by atoms with Crippen LogP contribution in [0.2, 0.25) is 0 Å². The summed E-state index contributed by atoms with van der Waals surface area (Å²) in [6.45, 7) is 5.39. The average molecular weight is 325 g/mol. The largest absolute Gasteiger partial charge is 0.407 e. The van der Waals surface area contributed by atoms with Crippen molar-refractivity contribution in [2.24, 2.45) is 0 Å². The molecule has 0 aliphatic rings. The van der Waals surface area contributed by atoms with Crippen LogP contribution in [-0.4, -0.2) is 16.2 Å². The first kappa shape index (κ1) is 14.0. The Balaban J connectivity index is 1.84. The number of nitrogens with zero attached hydrogens (tertiary/aromatic N) is 2. The van der Waals surface area contributed by atoms with Crippen LogP contribution in [0.4, 0.5) is 6.01 Å². The van der Waals surface area contributed by atoms with Gasteiger partial charge in [0.2, 0.25) is 5.89 Å². The number of nitrogens with one attached hydrogen (secondary N) is 2. The lowest BCUT2D eigenvalue weighted by Crippen LogP contribution is -2.21. The van der Waals surface area contributed by atoms with Crippen LogP contribution in [0.1, 0.15) is 25.3 Å². The van der Waals surface area contributed by atoms with Crippen molar-refractivity contribution >= 4 is 21.9 Å². The Bertz CT molecular complexity index is 510. The van der Waals surface area contributed by atoms with Crippen molar-refractivity contribution in [2.45, 2.75) is 33.0 Å². The molecule has 2 aromatic rings. The molecule has 0 unspecified atom stereocenters. The summed E-state index contributed by atoms with van der Waals surface area (Å²) in [6, 6.07) is 8.92. The maximum Gasteiger partial charge on any atom is 0.315 e. The fourth-order valence-corrected chi connectivity index (χ4v) is 1.73. The highest BCUT2D eigenvalue weighted by molar-refractivity contribution is 9.10. The molecule has 5 nitrogen and oxygen atoms in total. The molecule has 0 atom stereocenters. The van der Waals surface area contributed by atoms with Crippen LogP contribution >= 0.6 is 15.9 Å². The third-order valence-electron chi connectivity index (χ3n) is 2.49. The number of hydrogen-bond acceptors (Lipinski definition) is 5. The predicted octanol–water partition coefficient (Wildman–Crippen LogP) is 2.94. The van der Waals surface area contributed by atoms with E-state index in [1.807, 2.05) is 24.3 Å². The summed E-state index contributed by atoms with van der Waals surface area (Å²) in [5, 5.41) is 14.2. The lowest BCUT2D eigenvalue weighted by atomic mass is 10.2. The molecule has 0 saturated carbocycles. The minimum absolute atomic E-state index is 0.395. The Morgan fingerprint density at radius 2 is 1.89 bits per heavy atom. The Labute approximate surface area is 120 Å². The van der Waals surface area contributed by atoms with Crippen LogP contribution in [0.5, 0.6) is 0 Å². The van der Waals surface area contributed by atoms with Gasteiger partial charge in [0.1, 0.15) is 0 Å². The lowest BCUT2D eigenvalue weighted by Gasteiger charge is -2.04. The van der Waals surface area contributed by atoms with Gasteiger partial charge in [-0.25, -0.2) is 0 Å². The molecule has 1 aromatic heterocycles. The van der Waals surface area contributed by atoms with Gasteiger partial charge in [-0.3, -0.25) is 0 Å². The second-order valence-electron chi connectivity index (χ2n) is 4.52. The highest BCUT2D eigenvalue weighted by atomic mass is 79.9. The van der Waals surface area contributed by atoms with Crippen molar-refractivity contribution in [2.75, 3.05) is 5.32 Å². The van der Waals surface area contributed by atoms with E-state index in [4.69, 9.17) is 4.42 Å². The SMILES string of the molecule is CC(C)NCc1nnc(NCc2ccc(Br)cc2)o1. The molecular weight excluding hydrogens is 308 g/mol. The van der Waals surface area contributed by atoms with Crippen molar-refractivity contribution < 1.29 is 4.42 Å². The number of halogens is 1. The van der Waals surface area contributed by atoms with Crippen molar-refractivity contribution in [1.29, 1.82) is 0 Å². The van der Waals surface area contributed by atoms with Crippen LogP contribution in [-0.2, 0) is 13.1 Å². The Kier molecular flexibility index (Phi) is 4.93. The third kappa shape index (κ3) is 4.65. The van der Waals surface area contributed by atoms with Crippen LogP contribution in [0.3, 0.4) is 0 Å². The molecular formula is C13H17BrN4O. The first-order chi connectivity index (χ1) is 9.13. The van der Waals surface area contributed by atoms with Crippen LogP contribution in [0.25, 0.3) is 0 Å². The summed E-state index contributed by atoms with van der Waals surface area (Å²) in [6.07, 6.45) is 0. The van der Waals surface area contributed by atoms with E-state index >= 15 is 0 Å². The molecule has 0 amide bonds. The molecule has 0 aliphatic carbocycles. The minimum Gasteiger partial charge on any atom is -0.407 e. The molecule has 6 heteroatoms. The van der Waals surface area contributed by atoms with Gasteiger partial charge >= 0.3 is 6.01 Å². The fourth-order valence-electron chi connectivity index (χ4n) is 1.47. The maximum absolute atomic E-state index is 5.47. The molecule has 2 rings (SSSR count). The molecule has 19 heavy (non-hydrogen) atoms. The first-order valence-electron chi connectivity index (χ1n) is 6.17. The molecule has 0 bridgehead atoms. The van der Waals surface area contributed by atoms with Crippen molar-refractivity contribution in [1.82, 2.24) is 15.5 Å². The number of anilines is 1. The van der Waals surface area contributed by atoms with Gasteiger partial charge < -0.3 is 15.1 Å². The normalized spacial score (nSPS) is 10.9.